The molecule has 3 unspecified atom stereocenters. The zero-order chi connectivity index (χ0) is 24.4. The third-order valence-electron chi connectivity index (χ3n) is 10.9. The van der Waals surface area contributed by atoms with Crippen LogP contribution in [0.1, 0.15) is 110 Å². The minimum atomic E-state index is -1.62. The van der Waals surface area contributed by atoms with E-state index in [-0.39, 0.29) is 5.41 Å². The molecule has 2 saturated carbocycles. The van der Waals surface area contributed by atoms with Crippen LogP contribution >= 0.6 is 0 Å². The zero-order valence-electron chi connectivity index (χ0n) is 23.2. The van der Waals surface area contributed by atoms with Crippen LogP contribution in [0, 0.1) is 11.8 Å². The minimum absolute atomic E-state index is 0.148. The molecule has 3 atom stereocenters. The fourth-order valence-electron chi connectivity index (χ4n) is 9.76. The Labute approximate surface area is 216 Å². The molecular formula is C33H49NSi. The summed E-state index contributed by atoms with van der Waals surface area (Å²) >= 11 is 0. The summed E-state index contributed by atoms with van der Waals surface area (Å²) in [5.41, 5.74) is 7.72. The average molecular weight is 488 g/mol. The van der Waals surface area contributed by atoms with Gasteiger partial charge in [0.2, 0.25) is 0 Å². The van der Waals surface area contributed by atoms with Crippen LogP contribution in [-0.4, -0.2) is 24.4 Å². The fourth-order valence-corrected chi connectivity index (χ4v) is 17.4. The summed E-state index contributed by atoms with van der Waals surface area (Å²) in [6.45, 7) is 12.7. The summed E-state index contributed by atoms with van der Waals surface area (Å²) in [4.78, 5) is 0. The van der Waals surface area contributed by atoms with Crippen LogP contribution in [0.2, 0.25) is 17.6 Å². The lowest BCUT2D eigenvalue weighted by Crippen LogP contribution is -2.68. The average Bonchev–Trinajstić information content (AvgIpc) is 3.36. The van der Waals surface area contributed by atoms with Gasteiger partial charge in [-0.1, -0.05) is 95.2 Å². The highest BCUT2D eigenvalue weighted by molar-refractivity contribution is 6.79. The second-order valence-electron chi connectivity index (χ2n) is 14.3. The third-order valence-corrected chi connectivity index (χ3v) is 17.4. The molecule has 0 N–H and O–H groups in total. The molecule has 35 heavy (non-hydrogen) atoms. The monoisotopic (exact) mass is 487 g/mol. The molecule has 1 aromatic carbocycles. The molecule has 1 aromatic rings. The fraction of sp³-hybridized carbons (Fsp3) is 0.697. The number of nitrogens with zero attached hydrogens (tertiary/aromatic N) is 1. The van der Waals surface area contributed by atoms with Crippen molar-refractivity contribution >= 4 is 13.8 Å². The van der Waals surface area contributed by atoms with Crippen molar-refractivity contribution in [2.45, 2.75) is 133 Å². The highest BCUT2D eigenvalue weighted by Crippen LogP contribution is 2.61. The first kappa shape index (κ1) is 24.2. The SMILES string of the molecule is CC1(C)C2=CC3C(C=C2c2ccccc21)CCC3[Si]1(N(C2CCCCC2)C(C)(C)C)CCCCC1. The number of hydrogen-bond acceptors (Lipinski definition) is 1. The summed E-state index contributed by atoms with van der Waals surface area (Å²) in [5, 5.41) is 0. The van der Waals surface area contributed by atoms with Gasteiger partial charge in [-0.15, -0.1) is 0 Å². The maximum absolute atomic E-state index is 3.30. The first-order chi connectivity index (χ1) is 16.7. The maximum atomic E-state index is 3.30. The number of allylic oxidation sites excluding steroid dienone is 4. The van der Waals surface area contributed by atoms with E-state index in [1.54, 1.807) is 28.8 Å². The van der Waals surface area contributed by atoms with E-state index in [1.807, 2.05) is 0 Å². The summed E-state index contributed by atoms with van der Waals surface area (Å²) in [5.74, 6) is 1.54. The Morgan fingerprint density at radius 2 is 1.51 bits per heavy atom. The Balaban J connectivity index is 1.42. The van der Waals surface area contributed by atoms with Crippen LogP contribution in [-0.2, 0) is 5.41 Å². The van der Waals surface area contributed by atoms with Gasteiger partial charge in [-0.3, -0.25) is 0 Å². The molecule has 6 rings (SSSR count). The Kier molecular flexibility index (Phi) is 6.04. The van der Waals surface area contributed by atoms with E-state index in [0.717, 1.165) is 23.4 Å². The molecule has 2 heteroatoms. The topological polar surface area (TPSA) is 3.24 Å². The van der Waals surface area contributed by atoms with Gasteiger partial charge in [0.05, 0.1) is 0 Å². The first-order valence-corrected chi connectivity index (χ1v) is 17.5. The van der Waals surface area contributed by atoms with Crippen LogP contribution in [0.25, 0.3) is 5.57 Å². The highest BCUT2D eigenvalue weighted by atomic mass is 28.3. The number of rotatable bonds is 3. The smallest absolute Gasteiger partial charge is 0.132 e. The van der Waals surface area contributed by atoms with Crippen molar-refractivity contribution in [3.8, 4) is 0 Å². The van der Waals surface area contributed by atoms with Crippen molar-refractivity contribution in [3.63, 3.8) is 0 Å². The van der Waals surface area contributed by atoms with Crippen molar-refractivity contribution < 1.29 is 0 Å². The van der Waals surface area contributed by atoms with Crippen LogP contribution in [0.3, 0.4) is 0 Å². The van der Waals surface area contributed by atoms with Crippen molar-refractivity contribution in [1.82, 2.24) is 4.57 Å². The summed E-state index contributed by atoms with van der Waals surface area (Å²) in [7, 11) is -1.62. The molecule has 1 nitrogen and oxygen atoms in total. The van der Waals surface area contributed by atoms with E-state index in [0.29, 0.717) is 5.54 Å². The molecule has 3 fully saturated rings. The van der Waals surface area contributed by atoms with Gasteiger partial charge in [-0.05, 0) is 91.8 Å². The Bertz CT molecular complexity index is 1010. The van der Waals surface area contributed by atoms with Crippen molar-refractivity contribution in [3.05, 3.63) is 53.1 Å². The second kappa shape index (κ2) is 8.73. The molecule has 190 valence electrons. The van der Waals surface area contributed by atoms with Gasteiger partial charge in [0.1, 0.15) is 8.24 Å². The van der Waals surface area contributed by atoms with E-state index in [1.165, 1.54) is 69.8 Å². The van der Waals surface area contributed by atoms with E-state index >= 15 is 0 Å². The van der Waals surface area contributed by atoms with Crippen LogP contribution < -0.4 is 0 Å². The molecule has 1 aliphatic heterocycles. The minimum Gasteiger partial charge on any atom is -0.316 e. The van der Waals surface area contributed by atoms with Gasteiger partial charge < -0.3 is 4.57 Å². The summed E-state index contributed by atoms with van der Waals surface area (Å²) in [6, 6.07) is 13.3. The number of benzene rings is 1. The molecule has 1 heterocycles. The predicted octanol–water partition coefficient (Wildman–Crippen LogP) is 9.26. The van der Waals surface area contributed by atoms with Crippen molar-refractivity contribution in [2.24, 2.45) is 11.8 Å². The maximum Gasteiger partial charge on any atom is 0.132 e. The molecule has 0 bridgehead atoms. The molecule has 0 aromatic heterocycles. The van der Waals surface area contributed by atoms with Crippen LogP contribution in [0.15, 0.2) is 42.0 Å². The lowest BCUT2D eigenvalue weighted by atomic mass is 9.76. The normalized spacial score (nSPS) is 32.0. The highest BCUT2D eigenvalue weighted by Gasteiger charge is 2.57. The van der Waals surface area contributed by atoms with E-state index in [9.17, 15) is 0 Å². The second-order valence-corrected chi connectivity index (χ2v) is 18.7. The Hall–Kier alpha value is -1.12. The molecule has 1 saturated heterocycles. The molecule has 0 spiro atoms. The molecular weight excluding hydrogens is 438 g/mol. The molecule has 5 aliphatic rings. The summed E-state index contributed by atoms with van der Waals surface area (Å²) in [6.07, 6.45) is 20.3. The van der Waals surface area contributed by atoms with Gasteiger partial charge in [0, 0.05) is 17.0 Å². The van der Waals surface area contributed by atoms with Gasteiger partial charge in [0.15, 0.2) is 0 Å². The Morgan fingerprint density at radius 1 is 0.829 bits per heavy atom. The molecule has 0 radical (unpaired) electrons. The summed E-state index contributed by atoms with van der Waals surface area (Å²) < 4.78 is 3.30. The van der Waals surface area contributed by atoms with Gasteiger partial charge in [0.25, 0.3) is 0 Å². The van der Waals surface area contributed by atoms with Crippen molar-refractivity contribution in [2.75, 3.05) is 0 Å². The third kappa shape index (κ3) is 3.80. The first-order valence-electron chi connectivity index (χ1n) is 15.1. The van der Waals surface area contributed by atoms with Crippen LogP contribution in [0.4, 0.5) is 0 Å². The van der Waals surface area contributed by atoms with E-state index in [2.05, 4.69) is 75.6 Å². The van der Waals surface area contributed by atoms with E-state index in [4.69, 9.17) is 0 Å². The molecule has 0 amide bonds. The van der Waals surface area contributed by atoms with Gasteiger partial charge in [-0.2, -0.15) is 0 Å². The predicted molar refractivity (Wildman–Crippen MR) is 153 cm³/mol. The standard InChI is InChI=1S/C33H49NSi/c1-32(2,3)34(25-14-8-6-9-15-25)35(20-12-7-13-21-35)31-19-18-24-22-28-26-16-10-11-17-29(26)33(4,5)30(28)23-27(24)31/h10-11,16-17,22-25,27,31H,6-9,12-15,18-21H2,1-5H3. The molecule has 4 aliphatic carbocycles. The van der Waals surface area contributed by atoms with Gasteiger partial charge >= 0.3 is 0 Å². The number of fused-ring (bicyclic) bond motifs is 4. The van der Waals surface area contributed by atoms with Crippen LogP contribution in [0.5, 0.6) is 0 Å². The number of hydrogen-bond donors (Lipinski definition) is 0. The van der Waals surface area contributed by atoms with Gasteiger partial charge in [-0.25, -0.2) is 0 Å². The lowest BCUT2D eigenvalue weighted by molar-refractivity contribution is 0.134. The lowest BCUT2D eigenvalue weighted by Gasteiger charge is -2.59. The largest absolute Gasteiger partial charge is 0.316 e. The van der Waals surface area contributed by atoms with E-state index < -0.39 is 8.24 Å². The Morgan fingerprint density at radius 3 is 2.23 bits per heavy atom. The van der Waals surface area contributed by atoms with Crippen molar-refractivity contribution in [1.29, 1.82) is 0 Å². The quantitative estimate of drug-likeness (QED) is 0.384. The zero-order valence-corrected chi connectivity index (χ0v) is 24.2.